The van der Waals surface area contributed by atoms with Crippen LogP contribution in [0.1, 0.15) is 21.6 Å². The number of aryl methyl sites for hydroxylation is 1. The summed E-state index contributed by atoms with van der Waals surface area (Å²) in [6.07, 6.45) is 1.73. The second-order valence-electron chi connectivity index (χ2n) is 5.54. The second kappa shape index (κ2) is 5.56. The Balaban J connectivity index is 1.65. The molecule has 114 valence electrons. The van der Waals surface area contributed by atoms with Gasteiger partial charge in [-0.3, -0.25) is 9.89 Å². The van der Waals surface area contributed by atoms with Gasteiger partial charge in [0.1, 0.15) is 5.69 Å². The Labute approximate surface area is 138 Å². The third-order valence-corrected chi connectivity index (χ3v) is 4.37. The van der Waals surface area contributed by atoms with Gasteiger partial charge in [0.05, 0.1) is 5.69 Å². The average molecular weight is 324 g/mol. The standard InChI is InChI=1S/C18H14ClN3O/c19-12-6-8-13(9-7-12)20-18(23)17-15-10-5-11-3-1-2-4-14(11)16(15)21-22-17/h1-4,6-9H,5,10H2,(H,20,23)(H,21,22). The topological polar surface area (TPSA) is 57.8 Å². The molecule has 0 saturated heterocycles. The summed E-state index contributed by atoms with van der Waals surface area (Å²) in [7, 11) is 0. The SMILES string of the molecule is O=C(Nc1ccc(Cl)cc1)c1[nH]nc2c1CCc1ccccc1-2. The van der Waals surface area contributed by atoms with Gasteiger partial charge in [-0.1, -0.05) is 35.9 Å². The molecule has 2 N–H and O–H groups in total. The highest BCUT2D eigenvalue weighted by molar-refractivity contribution is 6.30. The number of carbonyl (C=O) groups is 1. The van der Waals surface area contributed by atoms with Crippen LogP contribution in [0.5, 0.6) is 0 Å². The van der Waals surface area contributed by atoms with Crippen LogP contribution in [0.2, 0.25) is 5.02 Å². The highest BCUT2D eigenvalue weighted by Crippen LogP contribution is 2.33. The molecule has 0 bridgehead atoms. The van der Waals surface area contributed by atoms with Crippen LogP contribution >= 0.6 is 11.6 Å². The van der Waals surface area contributed by atoms with Gasteiger partial charge in [-0.05, 0) is 42.7 Å². The molecule has 1 amide bonds. The number of aromatic amines is 1. The fourth-order valence-electron chi connectivity index (χ4n) is 2.97. The number of halogens is 1. The lowest BCUT2D eigenvalue weighted by molar-refractivity contribution is 0.102. The summed E-state index contributed by atoms with van der Waals surface area (Å²) in [6.45, 7) is 0. The van der Waals surface area contributed by atoms with E-state index in [2.05, 4.69) is 27.6 Å². The van der Waals surface area contributed by atoms with Crippen molar-refractivity contribution in [1.29, 1.82) is 0 Å². The van der Waals surface area contributed by atoms with Gasteiger partial charge >= 0.3 is 0 Å². The minimum atomic E-state index is -0.180. The molecule has 4 rings (SSSR count). The monoisotopic (exact) mass is 323 g/mol. The molecule has 1 aliphatic rings. The number of carbonyl (C=O) groups excluding carboxylic acids is 1. The van der Waals surface area contributed by atoms with Crippen molar-refractivity contribution in [2.75, 3.05) is 5.32 Å². The molecule has 0 atom stereocenters. The molecule has 23 heavy (non-hydrogen) atoms. The number of benzene rings is 2. The Bertz CT molecular complexity index is 884. The molecule has 0 fully saturated rings. The van der Waals surface area contributed by atoms with Crippen molar-refractivity contribution in [3.05, 3.63) is 70.4 Å². The Morgan fingerprint density at radius 2 is 1.87 bits per heavy atom. The lowest BCUT2D eigenvalue weighted by Gasteiger charge is -2.15. The lowest BCUT2D eigenvalue weighted by Crippen LogP contribution is -2.15. The van der Waals surface area contributed by atoms with Gasteiger partial charge in [0.2, 0.25) is 0 Å². The molecule has 0 spiro atoms. The number of hydrogen-bond donors (Lipinski definition) is 2. The van der Waals surface area contributed by atoms with E-state index in [9.17, 15) is 4.79 Å². The Hall–Kier alpha value is -2.59. The van der Waals surface area contributed by atoms with Crippen LogP contribution in [0.15, 0.2) is 48.5 Å². The third-order valence-electron chi connectivity index (χ3n) is 4.11. The summed E-state index contributed by atoms with van der Waals surface area (Å²) in [5.74, 6) is -0.180. The largest absolute Gasteiger partial charge is 0.321 e. The zero-order valence-corrected chi connectivity index (χ0v) is 13.0. The highest BCUT2D eigenvalue weighted by Gasteiger charge is 2.24. The number of fused-ring (bicyclic) bond motifs is 3. The maximum absolute atomic E-state index is 12.5. The minimum absolute atomic E-state index is 0.180. The van der Waals surface area contributed by atoms with E-state index in [-0.39, 0.29) is 5.91 Å². The van der Waals surface area contributed by atoms with Gasteiger partial charge in [-0.25, -0.2) is 0 Å². The summed E-state index contributed by atoms with van der Waals surface area (Å²) in [5, 5.41) is 10.8. The lowest BCUT2D eigenvalue weighted by atomic mass is 9.89. The first kappa shape index (κ1) is 14.0. The molecule has 4 nitrogen and oxygen atoms in total. The van der Waals surface area contributed by atoms with Crippen LogP contribution in [0.3, 0.4) is 0 Å². The number of rotatable bonds is 2. The third kappa shape index (κ3) is 2.51. The molecule has 1 aliphatic carbocycles. The van der Waals surface area contributed by atoms with Gasteiger partial charge in [-0.15, -0.1) is 0 Å². The predicted molar refractivity (Wildman–Crippen MR) is 90.8 cm³/mol. The number of H-pyrrole nitrogens is 1. The van der Waals surface area contributed by atoms with Crippen molar-refractivity contribution in [2.45, 2.75) is 12.8 Å². The van der Waals surface area contributed by atoms with Crippen LogP contribution < -0.4 is 5.32 Å². The van der Waals surface area contributed by atoms with Crippen molar-refractivity contribution in [2.24, 2.45) is 0 Å². The van der Waals surface area contributed by atoms with E-state index in [1.807, 2.05) is 12.1 Å². The number of amides is 1. The van der Waals surface area contributed by atoms with Gasteiger partial charge in [-0.2, -0.15) is 5.10 Å². The Morgan fingerprint density at radius 1 is 1.09 bits per heavy atom. The van der Waals surface area contributed by atoms with Gasteiger partial charge in [0.25, 0.3) is 5.91 Å². The zero-order valence-electron chi connectivity index (χ0n) is 12.3. The Kier molecular flexibility index (Phi) is 3.39. The van der Waals surface area contributed by atoms with E-state index in [1.54, 1.807) is 24.3 Å². The molecule has 0 unspecified atom stereocenters. The van der Waals surface area contributed by atoms with Crippen LogP contribution in [0.25, 0.3) is 11.3 Å². The summed E-state index contributed by atoms with van der Waals surface area (Å²) in [5.41, 5.74) is 5.48. The molecule has 2 aromatic carbocycles. The van der Waals surface area contributed by atoms with Crippen molar-refractivity contribution in [3.8, 4) is 11.3 Å². The van der Waals surface area contributed by atoms with Crippen molar-refractivity contribution in [1.82, 2.24) is 10.2 Å². The predicted octanol–water partition coefficient (Wildman–Crippen LogP) is 4.08. The molecule has 5 heteroatoms. The Morgan fingerprint density at radius 3 is 2.70 bits per heavy atom. The van der Waals surface area contributed by atoms with E-state index in [1.165, 1.54) is 5.56 Å². The molecule has 3 aromatic rings. The minimum Gasteiger partial charge on any atom is -0.321 e. The molecule has 0 aliphatic heterocycles. The van der Waals surface area contributed by atoms with Crippen molar-refractivity contribution in [3.63, 3.8) is 0 Å². The smallest absolute Gasteiger partial charge is 0.273 e. The molecule has 0 radical (unpaired) electrons. The average Bonchev–Trinajstić information content (AvgIpc) is 3.01. The summed E-state index contributed by atoms with van der Waals surface area (Å²) >= 11 is 5.86. The molecule has 0 saturated carbocycles. The first-order valence-corrected chi connectivity index (χ1v) is 7.82. The number of hydrogen-bond acceptors (Lipinski definition) is 2. The van der Waals surface area contributed by atoms with E-state index in [0.717, 1.165) is 29.7 Å². The molecular weight excluding hydrogens is 310 g/mol. The van der Waals surface area contributed by atoms with Gasteiger partial charge in [0.15, 0.2) is 0 Å². The zero-order chi connectivity index (χ0) is 15.8. The number of nitrogens with one attached hydrogen (secondary N) is 2. The maximum Gasteiger partial charge on any atom is 0.273 e. The van der Waals surface area contributed by atoms with Crippen molar-refractivity contribution < 1.29 is 4.79 Å². The summed E-state index contributed by atoms with van der Waals surface area (Å²) < 4.78 is 0. The van der Waals surface area contributed by atoms with E-state index in [0.29, 0.717) is 16.4 Å². The van der Waals surface area contributed by atoms with Crippen molar-refractivity contribution >= 4 is 23.2 Å². The highest BCUT2D eigenvalue weighted by atomic mass is 35.5. The van der Waals surface area contributed by atoms with E-state index >= 15 is 0 Å². The molecule has 1 aromatic heterocycles. The molecular formula is C18H14ClN3O. The quantitative estimate of drug-likeness (QED) is 0.746. The summed E-state index contributed by atoms with van der Waals surface area (Å²) in [4.78, 5) is 12.5. The van der Waals surface area contributed by atoms with Crippen LogP contribution in [0, 0.1) is 0 Å². The van der Waals surface area contributed by atoms with E-state index < -0.39 is 0 Å². The van der Waals surface area contributed by atoms with E-state index in [4.69, 9.17) is 11.6 Å². The molecule has 1 heterocycles. The van der Waals surface area contributed by atoms with Crippen LogP contribution in [-0.4, -0.2) is 16.1 Å². The maximum atomic E-state index is 12.5. The van der Waals surface area contributed by atoms with Gasteiger partial charge in [0, 0.05) is 21.8 Å². The second-order valence-corrected chi connectivity index (χ2v) is 5.98. The fourth-order valence-corrected chi connectivity index (χ4v) is 3.10. The van der Waals surface area contributed by atoms with Crippen LogP contribution in [0.4, 0.5) is 5.69 Å². The van der Waals surface area contributed by atoms with Crippen LogP contribution in [-0.2, 0) is 12.8 Å². The number of nitrogens with zero attached hydrogens (tertiary/aromatic N) is 1. The summed E-state index contributed by atoms with van der Waals surface area (Å²) in [6, 6.07) is 15.2. The number of aromatic nitrogens is 2. The van der Waals surface area contributed by atoms with Gasteiger partial charge < -0.3 is 5.32 Å². The fraction of sp³-hybridized carbons (Fsp3) is 0.111. The first-order chi connectivity index (χ1) is 11.2. The normalized spacial score (nSPS) is 12.4. The number of anilines is 1. The first-order valence-electron chi connectivity index (χ1n) is 7.45.